The maximum absolute atomic E-state index is 12.6. The molecule has 2 rings (SSSR count). The van der Waals surface area contributed by atoms with E-state index in [1.165, 1.54) is 16.6 Å². The lowest BCUT2D eigenvalue weighted by Crippen LogP contribution is -2.47. The van der Waals surface area contributed by atoms with Gasteiger partial charge in [0, 0.05) is 31.7 Å². The molecule has 1 fully saturated rings. The van der Waals surface area contributed by atoms with E-state index in [1.54, 1.807) is 30.1 Å². The molecule has 1 aliphatic rings. The summed E-state index contributed by atoms with van der Waals surface area (Å²) in [4.78, 5) is 24.8. The first-order chi connectivity index (χ1) is 11.7. The third kappa shape index (κ3) is 5.17. The van der Waals surface area contributed by atoms with Gasteiger partial charge in [-0.15, -0.1) is 0 Å². The number of amides is 1. The lowest BCUT2D eigenvalue weighted by molar-refractivity contribution is -0.139. The molecule has 0 atom stereocenters. The zero-order valence-corrected chi connectivity index (χ0v) is 15.0. The monoisotopic (exact) mass is 370 g/mol. The van der Waals surface area contributed by atoms with Crippen molar-refractivity contribution in [2.75, 3.05) is 33.0 Å². The Kier molecular flexibility index (Phi) is 6.02. The Morgan fingerprint density at radius 2 is 1.96 bits per heavy atom. The molecule has 1 aromatic carbocycles. The second kappa shape index (κ2) is 7.83. The second-order valence-electron chi connectivity index (χ2n) is 6.01. The lowest BCUT2D eigenvalue weighted by atomic mass is 10.0. The first-order valence-electron chi connectivity index (χ1n) is 7.85. The van der Waals surface area contributed by atoms with E-state index < -0.39 is 22.6 Å². The third-order valence-corrected chi connectivity index (χ3v) is 5.58. The van der Waals surface area contributed by atoms with E-state index in [1.807, 2.05) is 0 Å². The summed E-state index contributed by atoms with van der Waals surface area (Å²) < 4.78 is 29.7. The predicted molar refractivity (Wildman–Crippen MR) is 91.1 cm³/mol. The first kappa shape index (κ1) is 19.2. The van der Waals surface area contributed by atoms with Crippen molar-refractivity contribution in [2.45, 2.75) is 18.9 Å². The lowest BCUT2D eigenvalue weighted by Gasteiger charge is -2.35. The maximum atomic E-state index is 12.6. The topological polar surface area (TPSA) is 104 Å². The van der Waals surface area contributed by atoms with Crippen LogP contribution in [-0.2, 0) is 14.8 Å². The summed E-state index contributed by atoms with van der Waals surface area (Å²) in [7, 11) is -1.69. The molecule has 0 bridgehead atoms. The van der Waals surface area contributed by atoms with Gasteiger partial charge in [0.2, 0.25) is 10.0 Å². The summed E-state index contributed by atoms with van der Waals surface area (Å²) in [6.45, 7) is 0.452. The van der Waals surface area contributed by atoms with Crippen LogP contribution in [0, 0.1) is 0 Å². The number of hydrogen-bond acceptors (Lipinski definition) is 5. The number of nitrogens with zero attached hydrogens (tertiary/aromatic N) is 2. The molecule has 1 aromatic rings. The first-order valence-corrected chi connectivity index (χ1v) is 9.70. The molecule has 0 radical (unpaired) electrons. The van der Waals surface area contributed by atoms with Gasteiger partial charge in [-0.3, -0.25) is 4.79 Å². The van der Waals surface area contributed by atoms with Crippen molar-refractivity contribution in [2.24, 2.45) is 0 Å². The Labute approximate surface area is 147 Å². The van der Waals surface area contributed by atoms with Crippen LogP contribution in [0.5, 0.6) is 5.75 Å². The number of carboxylic acid groups (broad SMARTS) is 1. The summed E-state index contributed by atoms with van der Waals surface area (Å²) >= 11 is 0. The number of piperidine rings is 1. The highest BCUT2D eigenvalue weighted by Crippen LogP contribution is 2.21. The summed E-state index contributed by atoms with van der Waals surface area (Å²) in [6, 6.07) is 6.27. The van der Waals surface area contributed by atoms with Crippen molar-refractivity contribution in [3.63, 3.8) is 0 Å². The van der Waals surface area contributed by atoms with Crippen LogP contribution in [0.2, 0.25) is 0 Å². The third-order valence-electron chi connectivity index (χ3n) is 4.23. The van der Waals surface area contributed by atoms with Gasteiger partial charge in [-0.05, 0) is 31.0 Å². The van der Waals surface area contributed by atoms with E-state index in [9.17, 15) is 18.0 Å². The average molecular weight is 370 g/mol. The SMILES string of the molecule is CN(C1CCN(C(=O)c2cccc(OCC(=O)O)c2)CC1)S(C)(=O)=O. The van der Waals surface area contributed by atoms with Gasteiger partial charge in [0.15, 0.2) is 6.61 Å². The van der Waals surface area contributed by atoms with Crippen LogP contribution in [0.3, 0.4) is 0 Å². The van der Waals surface area contributed by atoms with E-state index in [4.69, 9.17) is 9.84 Å². The Bertz CT molecular complexity index is 741. The molecular weight excluding hydrogens is 348 g/mol. The molecule has 8 nitrogen and oxygen atoms in total. The summed E-state index contributed by atoms with van der Waals surface area (Å²) in [6.07, 6.45) is 2.32. The molecule has 1 saturated heterocycles. The number of carbonyl (C=O) groups excluding carboxylic acids is 1. The number of sulfonamides is 1. The van der Waals surface area contributed by atoms with E-state index in [-0.39, 0.29) is 11.9 Å². The Morgan fingerprint density at radius 1 is 1.32 bits per heavy atom. The van der Waals surface area contributed by atoms with Gasteiger partial charge in [0.1, 0.15) is 5.75 Å². The number of aliphatic carboxylic acids is 1. The molecule has 25 heavy (non-hydrogen) atoms. The van der Waals surface area contributed by atoms with Crippen LogP contribution in [0.25, 0.3) is 0 Å². The molecule has 1 aliphatic heterocycles. The number of carboxylic acids is 1. The molecule has 1 N–H and O–H groups in total. The smallest absolute Gasteiger partial charge is 0.341 e. The van der Waals surface area contributed by atoms with Crippen molar-refractivity contribution in [3.05, 3.63) is 29.8 Å². The van der Waals surface area contributed by atoms with Gasteiger partial charge >= 0.3 is 5.97 Å². The van der Waals surface area contributed by atoms with Gasteiger partial charge in [0.05, 0.1) is 6.26 Å². The van der Waals surface area contributed by atoms with Crippen LogP contribution in [0.4, 0.5) is 0 Å². The number of likely N-dealkylation sites (tertiary alicyclic amines) is 1. The van der Waals surface area contributed by atoms with Crippen molar-refractivity contribution < 1.29 is 27.9 Å². The zero-order chi connectivity index (χ0) is 18.6. The molecular formula is C16H22N2O6S. The quantitative estimate of drug-likeness (QED) is 0.788. The fourth-order valence-corrected chi connectivity index (χ4v) is 3.50. The number of rotatable bonds is 6. The molecule has 0 spiro atoms. The highest BCUT2D eigenvalue weighted by molar-refractivity contribution is 7.88. The van der Waals surface area contributed by atoms with Crippen molar-refractivity contribution >= 4 is 21.9 Å². The summed E-state index contributed by atoms with van der Waals surface area (Å²) in [5.41, 5.74) is 0.415. The van der Waals surface area contributed by atoms with E-state index in [0.717, 1.165) is 0 Å². The maximum Gasteiger partial charge on any atom is 0.341 e. The Morgan fingerprint density at radius 3 is 2.52 bits per heavy atom. The van der Waals surface area contributed by atoms with E-state index in [0.29, 0.717) is 37.2 Å². The van der Waals surface area contributed by atoms with Crippen molar-refractivity contribution in [1.29, 1.82) is 0 Å². The highest BCUT2D eigenvalue weighted by Gasteiger charge is 2.29. The van der Waals surface area contributed by atoms with Crippen molar-refractivity contribution in [3.8, 4) is 5.75 Å². The normalized spacial score (nSPS) is 16.0. The number of benzene rings is 1. The number of carbonyl (C=O) groups is 2. The molecule has 1 heterocycles. The van der Waals surface area contributed by atoms with Crippen LogP contribution in [0.15, 0.2) is 24.3 Å². The number of hydrogen-bond donors (Lipinski definition) is 1. The van der Waals surface area contributed by atoms with Crippen LogP contribution in [0.1, 0.15) is 23.2 Å². The van der Waals surface area contributed by atoms with Crippen LogP contribution in [-0.4, -0.2) is 73.6 Å². The van der Waals surface area contributed by atoms with Crippen LogP contribution >= 0.6 is 0 Å². The average Bonchev–Trinajstić information content (AvgIpc) is 2.58. The molecule has 0 aromatic heterocycles. The Hall–Kier alpha value is -2.13. The summed E-state index contributed by atoms with van der Waals surface area (Å²) in [5.74, 6) is -0.949. The zero-order valence-electron chi connectivity index (χ0n) is 14.2. The molecule has 0 saturated carbocycles. The minimum absolute atomic E-state index is 0.107. The Balaban J connectivity index is 1.98. The highest BCUT2D eigenvalue weighted by atomic mass is 32.2. The number of ether oxygens (including phenoxy) is 1. The largest absolute Gasteiger partial charge is 0.482 e. The van der Waals surface area contributed by atoms with E-state index >= 15 is 0 Å². The molecule has 138 valence electrons. The molecule has 0 aliphatic carbocycles. The van der Waals surface area contributed by atoms with Gasteiger partial charge in [-0.25, -0.2) is 17.5 Å². The summed E-state index contributed by atoms with van der Waals surface area (Å²) in [5, 5.41) is 8.64. The standard InChI is InChI=1S/C16H22N2O6S/c1-17(25(2,22)23)13-6-8-18(9-7-13)16(21)12-4-3-5-14(10-12)24-11-15(19)20/h3-5,10,13H,6-9,11H2,1-2H3,(H,19,20). The second-order valence-corrected chi connectivity index (χ2v) is 8.05. The molecule has 1 amide bonds. The van der Waals surface area contributed by atoms with Crippen LogP contribution < -0.4 is 4.74 Å². The predicted octanol–water partition coefficient (Wildman–Crippen LogP) is 0.646. The molecule has 0 unspecified atom stereocenters. The van der Waals surface area contributed by atoms with E-state index in [2.05, 4.69) is 0 Å². The van der Waals surface area contributed by atoms with Crippen molar-refractivity contribution in [1.82, 2.24) is 9.21 Å². The fourth-order valence-electron chi connectivity index (χ4n) is 2.75. The van der Waals surface area contributed by atoms with Gasteiger partial charge in [-0.1, -0.05) is 6.07 Å². The van der Waals surface area contributed by atoms with Gasteiger partial charge in [-0.2, -0.15) is 0 Å². The molecule has 9 heteroatoms. The van der Waals surface area contributed by atoms with Gasteiger partial charge in [0.25, 0.3) is 5.91 Å². The van der Waals surface area contributed by atoms with Gasteiger partial charge < -0.3 is 14.7 Å². The minimum Gasteiger partial charge on any atom is -0.482 e. The fraction of sp³-hybridized carbons (Fsp3) is 0.500. The minimum atomic E-state index is -3.25.